The average molecular weight is 307 g/mol. The van der Waals surface area contributed by atoms with E-state index in [1.165, 1.54) is 0 Å². The highest BCUT2D eigenvalue weighted by molar-refractivity contribution is 6.30. The highest BCUT2D eigenvalue weighted by atomic mass is 35.5. The van der Waals surface area contributed by atoms with Gasteiger partial charge in [-0.05, 0) is 37.3 Å². The molecular formula is C15H15ClN2O3. The Morgan fingerprint density at radius 1 is 1.33 bits per heavy atom. The number of aromatic hydroxyl groups is 1. The van der Waals surface area contributed by atoms with Crippen LogP contribution >= 0.6 is 11.6 Å². The molecule has 6 heteroatoms. The maximum absolute atomic E-state index is 11.1. The highest BCUT2D eigenvalue weighted by Gasteiger charge is 2.15. The molecule has 1 heterocycles. The van der Waals surface area contributed by atoms with Crippen molar-refractivity contribution >= 4 is 23.3 Å². The number of carboxylic acid groups (broad SMARTS) is 1. The number of hydrogen-bond acceptors (Lipinski definition) is 4. The lowest BCUT2D eigenvalue weighted by molar-refractivity contribution is -0.135. The van der Waals surface area contributed by atoms with Crippen LogP contribution in [0.4, 0.5) is 5.69 Å². The molecule has 2 N–H and O–H groups in total. The SMILES string of the molecule is Cc1ccc(O)c(CN(CC(=O)O)c2cccc(Cl)c2)n1. The zero-order valence-electron chi connectivity index (χ0n) is 11.5. The van der Waals surface area contributed by atoms with Crippen molar-refractivity contribution in [2.75, 3.05) is 11.4 Å². The first kappa shape index (κ1) is 15.1. The van der Waals surface area contributed by atoms with Gasteiger partial charge in [-0.2, -0.15) is 0 Å². The van der Waals surface area contributed by atoms with Crippen LogP contribution in [0.5, 0.6) is 5.75 Å². The van der Waals surface area contributed by atoms with E-state index in [4.69, 9.17) is 16.7 Å². The van der Waals surface area contributed by atoms with Crippen molar-refractivity contribution in [1.29, 1.82) is 0 Å². The molecule has 5 nitrogen and oxygen atoms in total. The number of aliphatic carboxylic acids is 1. The molecule has 1 aromatic carbocycles. The van der Waals surface area contributed by atoms with Crippen molar-refractivity contribution in [1.82, 2.24) is 4.98 Å². The molecule has 0 saturated carbocycles. The molecule has 0 unspecified atom stereocenters. The minimum Gasteiger partial charge on any atom is -0.506 e. The first-order valence-corrected chi connectivity index (χ1v) is 6.71. The molecule has 2 aromatic rings. The third-order valence-electron chi connectivity index (χ3n) is 2.93. The van der Waals surface area contributed by atoms with E-state index in [0.717, 1.165) is 5.69 Å². The van der Waals surface area contributed by atoms with Gasteiger partial charge in [-0.1, -0.05) is 17.7 Å². The smallest absolute Gasteiger partial charge is 0.323 e. The van der Waals surface area contributed by atoms with Gasteiger partial charge >= 0.3 is 5.97 Å². The van der Waals surface area contributed by atoms with E-state index in [1.807, 2.05) is 6.92 Å². The number of rotatable bonds is 5. The van der Waals surface area contributed by atoms with Crippen molar-refractivity contribution in [2.45, 2.75) is 13.5 Å². The Morgan fingerprint density at radius 2 is 2.10 bits per heavy atom. The number of carbonyl (C=O) groups is 1. The standard InChI is InChI=1S/C15H15ClN2O3/c1-10-5-6-14(19)13(17-10)8-18(9-15(20)21)12-4-2-3-11(16)7-12/h2-7,19H,8-9H2,1H3,(H,20,21). The van der Waals surface area contributed by atoms with Gasteiger partial charge in [-0.15, -0.1) is 0 Å². The second-order valence-electron chi connectivity index (χ2n) is 4.65. The van der Waals surface area contributed by atoms with Crippen LogP contribution in [0.2, 0.25) is 5.02 Å². The summed E-state index contributed by atoms with van der Waals surface area (Å²) < 4.78 is 0. The molecule has 0 radical (unpaired) electrons. The van der Waals surface area contributed by atoms with E-state index >= 15 is 0 Å². The van der Waals surface area contributed by atoms with Crippen LogP contribution in [-0.4, -0.2) is 27.7 Å². The van der Waals surface area contributed by atoms with Gasteiger partial charge in [-0.3, -0.25) is 9.78 Å². The molecule has 0 saturated heterocycles. The molecule has 1 aromatic heterocycles. The van der Waals surface area contributed by atoms with E-state index in [9.17, 15) is 9.90 Å². The molecule has 0 aliphatic carbocycles. The topological polar surface area (TPSA) is 73.7 Å². The van der Waals surface area contributed by atoms with Gasteiger partial charge in [0.2, 0.25) is 0 Å². The van der Waals surface area contributed by atoms with Crippen molar-refractivity contribution in [2.24, 2.45) is 0 Å². The number of nitrogens with zero attached hydrogens (tertiary/aromatic N) is 2. The van der Waals surface area contributed by atoms with Crippen LogP contribution in [-0.2, 0) is 11.3 Å². The fraction of sp³-hybridized carbons (Fsp3) is 0.200. The van der Waals surface area contributed by atoms with Gasteiger partial charge in [0.25, 0.3) is 0 Å². The molecule has 0 bridgehead atoms. The lowest BCUT2D eigenvalue weighted by Gasteiger charge is -2.23. The Morgan fingerprint density at radius 3 is 2.76 bits per heavy atom. The highest BCUT2D eigenvalue weighted by Crippen LogP contribution is 2.23. The summed E-state index contributed by atoms with van der Waals surface area (Å²) >= 11 is 5.95. The predicted octanol–water partition coefficient (Wildman–Crippen LogP) is 2.84. The van der Waals surface area contributed by atoms with Crippen molar-refractivity contribution < 1.29 is 15.0 Å². The summed E-state index contributed by atoms with van der Waals surface area (Å²) in [5.41, 5.74) is 1.84. The first-order chi connectivity index (χ1) is 9.95. The molecule has 0 aliphatic rings. The number of hydrogen-bond donors (Lipinski definition) is 2. The lowest BCUT2D eigenvalue weighted by atomic mass is 10.2. The molecular weight excluding hydrogens is 292 g/mol. The predicted molar refractivity (Wildman–Crippen MR) is 80.8 cm³/mol. The Hall–Kier alpha value is -2.27. The number of aromatic nitrogens is 1. The molecule has 110 valence electrons. The van der Waals surface area contributed by atoms with E-state index in [2.05, 4.69) is 4.98 Å². The molecule has 0 spiro atoms. The Kier molecular flexibility index (Phi) is 4.65. The second-order valence-corrected chi connectivity index (χ2v) is 5.08. The normalized spacial score (nSPS) is 10.4. The lowest BCUT2D eigenvalue weighted by Crippen LogP contribution is -2.29. The first-order valence-electron chi connectivity index (χ1n) is 6.33. The summed E-state index contributed by atoms with van der Waals surface area (Å²) in [6, 6.07) is 10.1. The minimum atomic E-state index is -0.970. The van der Waals surface area contributed by atoms with Crippen LogP contribution in [0, 0.1) is 6.92 Å². The maximum atomic E-state index is 11.1. The van der Waals surface area contributed by atoms with Gasteiger partial charge in [0.15, 0.2) is 0 Å². The summed E-state index contributed by atoms with van der Waals surface area (Å²) in [4.78, 5) is 16.9. The maximum Gasteiger partial charge on any atom is 0.323 e. The quantitative estimate of drug-likeness (QED) is 0.888. The summed E-state index contributed by atoms with van der Waals surface area (Å²) in [7, 11) is 0. The van der Waals surface area contributed by atoms with E-state index < -0.39 is 5.97 Å². The minimum absolute atomic E-state index is 0.0398. The third kappa shape index (κ3) is 4.10. The summed E-state index contributed by atoms with van der Waals surface area (Å²) in [5.74, 6) is -0.930. The van der Waals surface area contributed by atoms with Crippen LogP contribution in [0.25, 0.3) is 0 Å². The monoisotopic (exact) mass is 306 g/mol. The molecule has 21 heavy (non-hydrogen) atoms. The number of pyridine rings is 1. The van der Waals surface area contributed by atoms with Gasteiger partial charge in [0, 0.05) is 16.4 Å². The largest absolute Gasteiger partial charge is 0.506 e. The summed E-state index contributed by atoms with van der Waals surface area (Å²) in [6.07, 6.45) is 0. The summed E-state index contributed by atoms with van der Waals surface area (Å²) in [5, 5.41) is 19.4. The zero-order chi connectivity index (χ0) is 15.4. The van der Waals surface area contributed by atoms with Crippen LogP contribution in [0.3, 0.4) is 0 Å². The van der Waals surface area contributed by atoms with E-state index in [0.29, 0.717) is 16.4 Å². The summed E-state index contributed by atoms with van der Waals surface area (Å²) in [6.45, 7) is 1.78. The van der Waals surface area contributed by atoms with Crippen LogP contribution in [0.15, 0.2) is 36.4 Å². The molecule has 0 fully saturated rings. The molecule has 0 aliphatic heterocycles. The third-order valence-corrected chi connectivity index (χ3v) is 3.16. The van der Waals surface area contributed by atoms with Crippen molar-refractivity contribution in [3.05, 3.63) is 52.8 Å². The fourth-order valence-corrected chi connectivity index (χ4v) is 2.16. The Bertz CT molecular complexity index is 661. The van der Waals surface area contributed by atoms with Crippen molar-refractivity contribution in [3.63, 3.8) is 0 Å². The van der Waals surface area contributed by atoms with Crippen LogP contribution < -0.4 is 4.90 Å². The number of anilines is 1. The van der Waals surface area contributed by atoms with Crippen LogP contribution in [0.1, 0.15) is 11.4 Å². The van der Waals surface area contributed by atoms with Gasteiger partial charge in [0.1, 0.15) is 18.0 Å². The van der Waals surface area contributed by atoms with Gasteiger partial charge in [-0.25, -0.2) is 0 Å². The molecule has 2 rings (SSSR count). The fourth-order valence-electron chi connectivity index (χ4n) is 1.97. The Balaban J connectivity index is 2.32. The van der Waals surface area contributed by atoms with E-state index in [1.54, 1.807) is 41.3 Å². The van der Waals surface area contributed by atoms with E-state index in [-0.39, 0.29) is 18.8 Å². The number of carboxylic acids is 1. The number of halogens is 1. The number of benzene rings is 1. The molecule has 0 amide bonds. The van der Waals surface area contributed by atoms with Gasteiger partial charge in [0.05, 0.1) is 6.54 Å². The Labute approximate surface area is 127 Å². The molecule has 0 atom stereocenters. The van der Waals surface area contributed by atoms with Gasteiger partial charge < -0.3 is 15.1 Å². The van der Waals surface area contributed by atoms with Crippen molar-refractivity contribution in [3.8, 4) is 5.75 Å². The second kappa shape index (κ2) is 6.45. The average Bonchev–Trinajstić information content (AvgIpc) is 2.41. The number of aryl methyl sites for hydroxylation is 1. The zero-order valence-corrected chi connectivity index (χ0v) is 12.2.